The van der Waals surface area contributed by atoms with E-state index in [4.69, 9.17) is 21.7 Å². The third-order valence-corrected chi connectivity index (χ3v) is 2.43. The van der Waals surface area contributed by atoms with E-state index < -0.39 is 11.7 Å². The highest BCUT2D eigenvalue weighted by molar-refractivity contribution is 7.80. The predicted molar refractivity (Wildman–Crippen MR) is 88.5 cm³/mol. The largest absolute Gasteiger partial charge is 0.444 e. The van der Waals surface area contributed by atoms with E-state index in [-0.39, 0.29) is 6.10 Å². The number of rotatable bonds is 8. The molecule has 0 aliphatic heterocycles. The lowest BCUT2D eigenvalue weighted by Gasteiger charge is -2.19. The normalized spacial score (nSPS) is 11.1. The molecule has 0 aromatic heterocycles. The van der Waals surface area contributed by atoms with Crippen molar-refractivity contribution in [2.24, 2.45) is 0 Å². The molecule has 0 aromatic carbocycles. The van der Waals surface area contributed by atoms with E-state index in [0.29, 0.717) is 24.8 Å². The van der Waals surface area contributed by atoms with Gasteiger partial charge in [0.05, 0.1) is 6.10 Å². The van der Waals surface area contributed by atoms with Crippen LogP contribution in [0.1, 0.15) is 41.0 Å². The fraction of sp³-hybridized carbons (Fsp3) is 0.857. The van der Waals surface area contributed by atoms with Crippen molar-refractivity contribution >= 4 is 23.4 Å². The van der Waals surface area contributed by atoms with Gasteiger partial charge in [0.2, 0.25) is 0 Å². The highest BCUT2D eigenvalue weighted by Crippen LogP contribution is 2.05. The first kappa shape index (κ1) is 19.9. The van der Waals surface area contributed by atoms with Crippen molar-refractivity contribution in [1.82, 2.24) is 16.0 Å². The van der Waals surface area contributed by atoms with Gasteiger partial charge in [0, 0.05) is 26.2 Å². The van der Waals surface area contributed by atoms with Gasteiger partial charge in [0.15, 0.2) is 5.11 Å². The topological polar surface area (TPSA) is 71.6 Å². The Morgan fingerprint density at radius 2 is 1.67 bits per heavy atom. The summed E-state index contributed by atoms with van der Waals surface area (Å²) in [5.41, 5.74) is -0.480. The number of nitrogens with one attached hydrogen (secondary N) is 3. The lowest BCUT2D eigenvalue weighted by molar-refractivity contribution is 0.0528. The van der Waals surface area contributed by atoms with Crippen molar-refractivity contribution in [1.29, 1.82) is 0 Å². The van der Waals surface area contributed by atoms with Gasteiger partial charge in [-0.3, -0.25) is 0 Å². The molecule has 1 amide bonds. The van der Waals surface area contributed by atoms with Crippen molar-refractivity contribution in [2.45, 2.75) is 52.7 Å². The number of hydrogen-bond donors (Lipinski definition) is 3. The number of amides is 1. The Morgan fingerprint density at radius 1 is 1.10 bits per heavy atom. The zero-order valence-electron chi connectivity index (χ0n) is 13.7. The summed E-state index contributed by atoms with van der Waals surface area (Å²) < 4.78 is 10.5. The molecule has 0 spiro atoms. The Hall–Kier alpha value is -1.08. The van der Waals surface area contributed by atoms with Crippen molar-refractivity contribution < 1.29 is 14.3 Å². The zero-order valence-corrected chi connectivity index (χ0v) is 14.6. The molecule has 0 rings (SSSR count). The number of thiocarbonyl (C=S) groups is 1. The summed E-state index contributed by atoms with van der Waals surface area (Å²) in [6.07, 6.45) is 0.735. The summed E-state index contributed by atoms with van der Waals surface area (Å²) >= 11 is 5.11. The number of ether oxygens (including phenoxy) is 2. The summed E-state index contributed by atoms with van der Waals surface area (Å²) in [5, 5.41) is 9.32. The minimum Gasteiger partial charge on any atom is -0.444 e. The van der Waals surface area contributed by atoms with Crippen LogP contribution in [-0.4, -0.2) is 49.2 Å². The second kappa shape index (κ2) is 10.6. The molecule has 0 aliphatic rings. The first-order valence-corrected chi connectivity index (χ1v) is 7.71. The van der Waals surface area contributed by atoms with Gasteiger partial charge in [0.1, 0.15) is 5.60 Å². The van der Waals surface area contributed by atoms with E-state index in [1.165, 1.54) is 0 Å². The van der Waals surface area contributed by atoms with Crippen molar-refractivity contribution in [3.8, 4) is 0 Å². The second-order valence-electron chi connectivity index (χ2n) is 5.88. The van der Waals surface area contributed by atoms with Crippen LogP contribution in [0.3, 0.4) is 0 Å². The van der Waals surface area contributed by atoms with Crippen LogP contribution in [-0.2, 0) is 9.47 Å². The summed E-state index contributed by atoms with van der Waals surface area (Å²) in [4.78, 5) is 11.4. The molecule has 0 saturated carbocycles. The number of carbonyl (C=O) groups is 1. The molecule has 0 heterocycles. The molecule has 0 radical (unpaired) electrons. The monoisotopic (exact) mass is 319 g/mol. The first-order valence-electron chi connectivity index (χ1n) is 7.31. The third kappa shape index (κ3) is 15.1. The average Bonchev–Trinajstić information content (AvgIpc) is 2.31. The van der Waals surface area contributed by atoms with Gasteiger partial charge in [-0.25, -0.2) is 4.79 Å². The molecule has 7 heteroatoms. The van der Waals surface area contributed by atoms with Crippen LogP contribution in [0, 0.1) is 0 Å². The lowest BCUT2D eigenvalue weighted by atomic mass is 10.2. The van der Waals surface area contributed by atoms with Crippen LogP contribution >= 0.6 is 12.2 Å². The zero-order chi connectivity index (χ0) is 16.3. The molecule has 0 atom stereocenters. The minimum atomic E-state index is -0.480. The van der Waals surface area contributed by atoms with Crippen molar-refractivity contribution in [2.75, 3.05) is 26.2 Å². The summed E-state index contributed by atoms with van der Waals surface area (Å²) in [6, 6.07) is 0. The van der Waals surface area contributed by atoms with Gasteiger partial charge in [-0.05, 0) is 53.3 Å². The molecule has 0 fully saturated rings. The fourth-order valence-corrected chi connectivity index (χ4v) is 1.51. The maximum absolute atomic E-state index is 11.4. The standard InChI is InChI=1S/C14H29N3O3S/c1-11(2)19-10-6-7-15-12(21)16-8-9-17-13(18)20-14(3,4)5/h11H,6-10H2,1-5H3,(H,17,18)(H2,15,16,21). The molecule has 0 aliphatic carbocycles. The van der Waals surface area contributed by atoms with Crippen LogP contribution in [0.5, 0.6) is 0 Å². The Morgan fingerprint density at radius 3 is 2.24 bits per heavy atom. The average molecular weight is 319 g/mol. The van der Waals surface area contributed by atoms with Crippen molar-refractivity contribution in [3.05, 3.63) is 0 Å². The SMILES string of the molecule is CC(C)OCCCNC(=S)NCCNC(=O)OC(C)(C)C. The van der Waals surface area contributed by atoms with Gasteiger partial charge in [-0.15, -0.1) is 0 Å². The quantitative estimate of drug-likeness (QED) is 0.468. The predicted octanol–water partition coefficient (Wildman–Crippen LogP) is 1.79. The van der Waals surface area contributed by atoms with Crippen LogP contribution in [0.15, 0.2) is 0 Å². The molecule has 124 valence electrons. The molecule has 6 nitrogen and oxygen atoms in total. The minimum absolute atomic E-state index is 0.258. The second-order valence-corrected chi connectivity index (χ2v) is 6.29. The van der Waals surface area contributed by atoms with Gasteiger partial charge >= 0.3 is 6.09 Å². The van der Waals surface area contributed by atoms with E-state index in [1.54, 1.807) is 0 Å². The fourth-order valence-electron chi connectivity index (χ4n) is 1.31. The Kier molecular flexibility index (Phi) is 10.1. The molecular formula is C14H29N3O3S. The van der Waals surface area contributed by atoms with Crippen molar-refractivity contribution in [3.63, 3.8) is 0 Å². The van der Waals surface area contributed by atoms with E-state index >= 15 is 0 Å². The van der Waals surface area contributed by atoms with Crippen LogP contribution in [0.4, 0.5) is 4.79 Å². The summed E-state index contributed by atoms with van der Waals surface area (Å²) in [7, 11) is 0. The molecule has 0 unspecified atom stereocenters. The molecule has 21 heavy (non-hydrogen) atoms. The van der Waals surface area contributed by atoms with Gasteiger partial charge in [-0.2, -0.15) is 0 Å². The summed E-state index contributed by atoms with van der Waals surface area (Å²) in [6.45, 7) is 12.0. The summed E-state index contributed by atoms with van der Waals surface area (Å²) in [5.74, 6) is 0. The highest BCUT2D eigenvalue weighted by Gasteiger charge is 2.15. The molecule has 0 aromatic rings. The van der Waals surface area contributed by atoms with Crippen LogP contribution < -0.4 is 16.0 Å². The molecular weight excluding hydrogens is 290 g/mol. The first-order chi connectivity index (χ1) is 9.70. The molecule has 0 saturated heterocycles. The van der Waals surface area contributed by atoms with Crippen LogP contribution in [0.25, 0.3) is 0 Å². The van der Waals surface area contributed by atoms with E-state index in [2.05, 4.69) is 16.0 Å². The van der Waals surface area contributed by atoms with Gasteiger partial charge in [-0.1, -0.05) is 0 Å². The van der Waals surface area contributed by atoms with E-state index in [9.17, 15) is 4.79 Å². The maximum Gasteiger partial charge on any atom is 0.407 e. The number of carbonyl (C=O) groups excluding carboxylic acids is 1. The van der Waals surface area contributed by atoms with E-state index in [1.807, 2.05) is 34.6 Å². The van der Waals surface area contributed by atoms with Gasteiger partial charge < -0.3 is 25.4 Å². The highest BCUT2D eigenvalue weighted by atomic mass is 32.1. The third-order valence-electron chi connectivity index (χ3n) is 2.14. The number of hydrogen-bond acceptors (Lipinski definition) is 4. The van der Waals surface area contributed by atoms with Crippen LogP contribution in [0.2, 0.25) is 0 Å². The Labute approximate surface area is 133 Å². The Balaban J connectivity index is 3.48. The Bertz CT molecular complexity index is 317. The lowest BCUT2D eigenvalue weighted by Crippen LogP contribution is -2.41. The molecule has 3 N–H and O–H groups in total. The number of alkyl carbamates (subject to hydrolysis) is 1. The smallest absolute Gasteiger partial charge is 0.407 e. The van der Waals surface area contributed by atoms with Gasteiger partial charge in [0.25, 0.3) is 0 Å². The molecule has 0 bridgehead atoms. The van der Waals surface area contributed by atoms with E-state index in [0.717, 1.165) is 13.0 Å². The maximum atomic E-state index is 11.4.